The average Bonchev–Trinajstić information content (AvgIpc) is 3.56. The van der Waals surface area contributed by atoms with E-state index in [0.29, 0.717) is 33.2 Å². The Hall–Kier alpha value is -3.37. The molecule has 3 aromatic heterocycles. The van der Waals surface area contributed by atoms with Crippen LogP contribution in [0.2, 0.25) is 0 Å². The zero-order chi connectivity index (χ0) is 23.7. The van der Waals surface area contributed by atoms with Crippen LogP contribution in [0.4, 0.5) is 5.00 Å². The summed E-state index contributed by atoms with van der Waals surface area (Å²) in [7, 11) is 0. The standard InChI is InChI=1S/C24H23N5O3S2/c1-14-9-10-16-18(12-14)34-23(20(16)21(25)31)26-19(30)13-33-24-28-27-22(17-8-5-11-32-17)29(24)15-6-3-2-4-7-15/h2-8,11,14H,9-10,12-13H2,1H3,(H2,25,31)(H,26,30). The maximum atomic E-state index is 12.9. The van der Waals surface area contributed by atoms with Crippen LogP contribution in [0.25, 0.3) is 17.3 Å². The summed E-state index contributed by atoms with van der Waals surface area (Å²) in [6, 6.07) is 13.3. The third-order valence-electron chi connectivity index (χ3n) is 5.73. The van der Waals surface area contributed by atoms with E-state index >= 15 is 0 Å². The molecule has 0 radical (unpaired) electrons. The van der Waals surface area contributed by atoms with Gasteiger partial charge in [0.25, 0.3) is 5.91 Å². The van der Waals surface area contributed by atoms with Gasteiger partial charge in [0.1, 0.15) is 5.00 Å². The van der Waals surface area contributed by atoms with Gasteiger partial charge in [-0.05, 0) is 55.0 Å². The quantitative estimate of drug-likeness (QED) is 0.365. The maximum Gasteiger partial charge on any atom is 0.251 e. The summed E-state index contributed by atoms with van der Waals surface area (Å²) >= 11 is 2.72. The van der Waals surface area contributed by atoms with E-state index in [0.717, 1.165) is 35.4 Å². The molecular weight excluding hydrogens is 470 g/mol. The Bertz CT molecular complexity index is 1330. The van der Waals surface area contributed by atoms with Crippen LogP contribution in [-0.4, -0.2) is 32.3 Å². The van der Waals surface area contributed by atoms with Crippen molar-refractivity contribution in [3.63, 3.8) is 0 Å². The molecule has 1 aromatic carbocycles. The van der Waals surface area contributed by atoms with E-state index in [2.05, 4.69) is 22.4 Å². The minimum absolute atomic E-state index is 0.0975. The number of carbonyl (C=O) groups is 2. The van der Waals surface area contributed by atoms with Gasteiger partial charge in [-0.2, -0.15) is 0 Å². The zero-order valence-corrected chi connectivity index (χ0v) is 20.1. The lowest BCUT2D eigenvalue weighted by Crippen LogP contribution is -2.20. The van der Waals surface area contributed by atoms with Gasteiger partial charge in [0.15, 0.2) is 10.9 Å². The monoisotopic (exact) mass is 493 g/mol. The number of furan rings is 1. The number of primary amides is 1. The molecule has 8 nitrogen and oxygen atoms in total. The van der Waals surface area contributed by atoms with Gasteiger partial charge in [0.05, 0.1) is 17.6 Å². The van der Waals surface area contributed by atoms with Crippen molar-refractivity contribution in [1.82, 2.24) is 14.8 Å². The molecule has 2 amide bonds. The number of fused-ring (bicyclic) bond motifs is 1. The third kappa shape index (κ3) is 4.38. The lowest BCUT2D eigenvalue weighted by Gasteiger charge is -2.18. The summed E-state index contributed by atoms with van der Waals surface area (Å²) in [6.45, 7) is 2.20. The zero-order valence-electron chi connectivity index (χ0n) is 18.5. The van der Waals surface area contributed by atoms with E-state index in [1.807, 2.05) is 41.0 Å². The molecule has 174 valence electrons. The number of nitrogens with one attached hydrogen (secondary N) is 1. The molecule has 0 aliphatic heterocycles. The lowest BCUT2D eigenvalue weighted by molar-refractivity contribution is -0.113. The fourth-order valence-corrected chi connectivity index (χ4v) is 6.32. The molecule has 1 unspecified atom stereocenters. The molecule has 0 fully saturated rings. The number of nitrogens with two attached hydrogens (primary N) is 1. The van der Waals surface area contributed by atoms with Crippen molar-refractivity contribution in [2.75, 3.05) is 11.1 Å². The number of anilines is 1. The number of amides is 2. The molecular formula is C24H23N5O3S2. The Labute approximate surface area is 204 Å². The highest BCUT2D eigenvalue weighted by Crippen LogP contribution is 2.39. The normalized spacial score (nSPS) is 15.1. The number of carbonyl (C=O) groups excluding carboxylic acids is 2. The molecule has 1 atom stereocenters. The first-order valence-corrected chi connectivity index (χ1v) is 12.7. The minimum Gasteiger partial charge on any atom is -0.461 e. The Balaban J connectivity index is 1.37. The second-order valence-electron chi connectivity index (χ2n) is 8.21. The number of aromatic nitrogens is 3. The molecule has 0 bridgehead atoms. The highest BCUT2D eigenvalue weighted by molar-refractivity contribution is 7.99. The average molecular weight is 494 g/mol. The van der Waals surface area contributed by atoms with Crippen molar-refractivity contribution in [1.29, 1.82) is 0 Å². The van der Waals surface area contributed by atoms with Gasteiger partial charge in [0.2, 0.25) is 11.7 Å². The second-order valence-corrected chi connectivity index (χ2v) is 10.3. The topological polar surface area (TPSA) is 116 Å². The Kier molecular flexibility index (Phi) is 6.25. The van der Waals surface area contributed by atoms with E-state index in [4.69, 9.17) is 10.2 Å². The van der Waals surface area contributed by atoms with Crippen LogP contribution >= 0.6 is 23.1 Å². The molecule has 10 heteroatoms. The van der Waals surface area contributed by atoms with Crippen LogP contribution < -0.4 is 11.1 Å². The molecule has 5 rings (SSSR count). The lowest BCUT2D eigenvalue weighted by atomic mass is 9.88. The number of thioether (sulfide) groups is 1. The summed E-state index contributed by atoms with van der Waals surface area (Å²) in [6.07, 6.45) is 4.31. The number of benzene rings is 1. The Morgan fingerprint density at radius 1 is 1.24 bits per heavy atom. The third-order valence-corrected chi connectivity index (χ3v) is 7.83. The van der Waals surface area contributed by atoms with Crippen LogP contribution in [0, 0.1) is 5.92 Å². The van der Waals surface area contributed by atoms with Gasteiger partial charge >= 0.3 is 0 Å². The van der Waals surface area contributed by atoms with Crippen LogP contribution in [0.1, 0.15) is 34.1 Å². The molecule has 34 heavy (non-hydrogen) atoms. The largest absolute Gasteiger partial charge is 0.461 e. The summed E-state index contributed by atoms with van der Waals surface area (Å²) in [5, 5.41) is 12.6. The van der Waals surface area contributed by atoms with Gasteiger partial charge in [-0.1, -0.05) is 36.9 Å². The predicted octanol–water partition coefficient (Wildman–Crippen LogP) is 4.54. The maximum absolute atomic E-state index is 12.9. The van der Waals surface area contributed by atoms with Crippen molar-refractivity contribution in [2.45, 2.75) is 31.3 Å². The molecule has 0 saturated carbocycles. The summed E-state index contributed by atoms with van der Waals surface area (Å²) in [5.41, 5.74) is 7.98. The predicted molar refractivity (Wildman–Crippen MR) is 132 cm³/mol. The van der Waals surface area contributed by atoms with Gasteiger partial charge < -0.3 is 15.5 Å². The fourth-order valence-electron chi connectivity index (χ4n) is 4.13. The molecule has 4 aromatic rings. The number of hydrogen-bond donors (Lipinski definition) is 2. The molecule has 0 spiro atoms. The molecule has 3 N–H and O–H groups in total. The number of thiophene rings is 1. The molecule has 1 aliphatic rings. The summed E-state index contributed by atoms with van der Waals surface area (Å²) in [4.78, 5) is 26.2. The first-order valence-electron chi connectivity index (χ1n) is 10.9. The highest BCUT2D eigenvalue weighted by atomic mass is 32.2. The smallest absolute Gasteiger partial charge is 0.251 e. The summed E-state index contributed by atoms with van der Waals surface area (Å²) < 4.78 is 7.39. The van der Waals surface area contributed by atoms with E-state index in [1.165, 1.54) is 23.1 Å². The van der Waals surface area contributed by atoms with E-state index in [9.17, 15) is 9.59 Å². The van der Waals surface area contributed by atoms with E-state index in [-0.39, 0.29) is 11.7 Å². The molecule has 1 aliphatic carbocycles. The van der Waals surface area contributed by atoms with Crippen molar-refractivity contribution >= 4 is 39.9 Å². The molecule has 0 saturated heterocycles. The number of rotatable bonds is 7. The van der Waals surface area contributed by atoms with E-state index < -0.39 is 5.91 Å². The van der Waals surface area contributed by atoms with Gasteiger partial charge in [0, 0.05) is 10.6 Å². The number of nitrogens with zero attached hydrogens (tertiary/aromatic N) is 3. The Morgan fingerprint density at radius 3 is 2.79 bits per heavy atom. The van der Waals surface area contributed by atoms with E-state index in [1.54, 1.807) is 12.3 Å². The first-order chi connectivity index (χ1) is 16.5. The van der Waals surface area contributed by atoms with Crippen LogP contribution in [0.15, 0.2) is 58.3 Å². The van der Waals surface area contributed by atoms with Crippen molar-refractivity contribution in [2.24, 2.45) is 11.7 Å². The van der Waals surface area contributed by atoms with Gasteiger partial charge in [-0.15, -0.1) is 21.5 Å². The fraction of sp³-hybridized carbons (Fsp3) is 0.250. The van der Waals surface area contributed by atoms with Crippen LogP contribution in [-0.2, 0) is 17.6 Å². The highest BCUT2D eigenvalue weighted by Gasteiger charge is 2.27. The SMILES string of the molecule is CC1CCc2c(sc(NC(=O)CSc3nnc(-c4ccco4)n3-c3ccccc3)c2C(N)=O)C1. The number of hydrogen-bond acceptors (Lipinski definition) is 7. The van der Waals surface area contributed by atoms with Crippen molar-refractivity contribution in [3.05, 3.63) is 64.7 Å². The van der Waals surface area contributed by atoms with Crippen LogP contribution in [0.5, 0.6) is 0 Å². The first kappa shape index (κ1) is 22.4. The summed E-state index contributed by atoms with van der Waals surface area (Å²) in [5.74, 6) is 1.05. The second kappa shape index (κ2) is 9.47. The number of para-hydroxylation sites is 1. The Morgan fingerprint density at radius 2 is 2.06 bits per heavy atom. The van der Waals surface area contributed by atoms with Crippen molar-refractivity contribution < 1.29 is 14.0 Å². The van der Waals surface area contributed by atoms with Crippen molar-refractivity contribution in [3.8, 4) is 17.3 Å². The molecule has 3 heterocycles. The van der Waals surface area contributed by atoms with Gasteiger partial charge in [-0.25, -0.2) is 0 Å². The van der Waals surface area contributed by atoms with Gasteiger partial charge in [-0.3, -0.25) is 14.2 Å². The minimum atomic E-state index is -0.498. The van der Waals surface area contributed by atoms with Crippen LogP contribution in [0.3, 0.4) is 0 Å².